The SMILES string of the molecule is CS[C@@]12CC3=CC=C[C@H](OC(C)=O)[C@H]3N1C(=O)[C@]1(SC)CC3=CC=C[C@H](O)[C@H]3N1C2=O. The van der Waals surface area contributed by atoms with Crippen LogP contribution in [0.1, 0.15) is 19.8 Å². The van der Waals surface area contributed by atoms with Crippen molar-refractivity contribution in [1.82, 2.24) is 9.80 Å². The van der Waals surface area contributed by atoms with Crippen molar-refractivity contribution in [1.29, 1.82) is 0 Å². The summed E-state index contributed by atoms with van der Waals surface area (Å²) >= 11 is 2.67. The van der Waals surface area contributed by atoms with E-state index in [1.54, 1.807) is 28.0 Å². The number of aliphatic hydroxyl groups excluding tert-OH is 1. The van der Waals surface area contributed by atoms with Crippen molar-refractivity contribution in [3.63, 3.8) is 0 Å². The third-order valence-corrected chi connectivity index (χ3v) is 9.31. The van der Waals surface area contributed by atoms with Crippen LogP contribution in [0.25, 0.3) is 0 Å². The Kier molecular flexibility index (Phi) is 4.73. The summed E-state index contributed by atoms with van der Waals surface area (Å²) < 4.78 is 5.55. The minimum atomic E-state index is -1.13. The van der Waals surface area contributed by atoms with Crippen molar-refractivity contribution in [2.24, 2.45) is 0 Å². The lowest BCUT2D eigenvalue weighted by atomic mass is 9.95. The number of hydrogen-bond acceptors (Lipinski definition) is 7. The van der Waals surface area contributed by atoms with E-state index in [1.807, 2.05) is 30.7 Å². The van der Waals surface area contributed by atoms with Crippen LogP contribution in [0, 0.1) is 0 Å². The van der Waals surface area contributed by atoms with Gasteiger partial charge in [-0.1, -0.05) is 30.4 Å². The summed E-state index contributed by atoms with van der Waals surface area (Å²) in [6.45, 7) is 1.35. The zero-order chi connectivity index (χ0) is 22.1. The minimum Gasteiger partial charge on any atom is -0.456 e. The summed E-state index contributed by atoms with van der Waals surface area (Å²) in [5.41, 5.74) is 1.79. The van der Waals surface area contributed by atoms with E-state index in [9.17, 15) is 19.5 Å². The maximum Gasteiger partial charge on any atom is 0.303 e. The van der Waals surface area contributed by atoms with Gasteiger partial charge in [0.1, 0.15) is 6.10 Å². The second kappa shape index (κ2) is 7.02. The highest BCUT2D eigenvalue weighted by atomic mass is 32.2. The number of esters is 1. The third kappa shape index (κ3) is 2.57. The second-order valence-electron chi connectivity index (χ2n) is 8.39. The van der Waals surface area contributed by atoms with Gasteiger partial charge in [-0.05, 0) is 29.7 Å². The van der Waals surface area contributed by atoms with Gasteiger partial charge < -0.3 is 19.6 Å². The van der Waals surface area contributed by atoms with Crippen LogP contribution in [0.5, 0.6) is 0 Å². The summed E-state index contributed by atoms with van der Waals surface area (Å²) in [5.74, 6) is -0.772. The molecule has 0 aromatic heterocycles. The molecule has 164 valence electrons. The Hall–Kier alpha value is -1.97. The molecule has 3 aliphatic heterocycles. The molecule has 0 radical (unpaired) electrons. The van der Waals surface area contributed by atoms with Crippen molar-refractivity contribution in [3.05, 3.63) is 47.6 Å². The molecule has 0 aromatic carbocycles. The number of carbonyl (C=O) groups is 3. The average molecular weight is 461 g/mol. The molecular weight excluding hydrogens is 436 g/mol. The maximum absolute atomic E-state index is 14.3. The zero-order valence-electron chi connectivity index (χ0n) is 17.5. The van der Waals surface area contributed by atoms with E-state index in [2.05, 4.69) is 0 Å². The minimum absolute atomic E-state index is 0.169. The summed E-state index contributed by atoms with van der Waals surface area (Å²) in [6, 6.07) is -1.05. The van der Waals surface area contributed by atoms with Gasteiger partial charge in [0, 0.05) is 19.8 Å². The zero-order valence-corrected chi connectivity index (χ0v) is 19.1. The molecule has 1 N–H and O–H groups in total. The number of carbonyl (C=O) groups excluding carboxylic acids is 3. The number of nitrogens with zero attached hydrogens (tertiary/aromatic N) is 2. The Morgan fingerprint density at radius 1 is 1.00 bits per heavy atom. The lowest BCUT2D eigenvalue weighted by Gasteiger charge is -2.54. The molecule has 2 aliphatic carbocycles. The molecule has 0 bridgehead atoms. The van der Waals surface area contributed by atoms with Crippen LogP contribution in [0.15, 0.2) is 47.6 Å². The van der Waals surface area contributed by atoms with Gasteiger partial charge in [-0.25, -0.2) is 0 Å². The molecular formula is C22H24N2O5S2. The number of rotatable bonds is 3. The molecule has 5 rings (SSSR count). The van der Waals surface area contributed by atoms with Gasteiger partial charge in [0.05, 0.1) is 18.2 Å². The molecule has 0 saturated carbocycles. The van der Waals surface area contributed by atoms with E-state index in [4.69, 9.17) is 4.74 Å². The number of fused-ring (bicyclic) bond motifs is 6. The van der Waals surface area contributed by atoms with Crippen LogP contribution in [-0.4, -0.2) is 79.2 Å². The fourth-order valence-corrected chi connectivity index (χ4v) is 7.63. The summed E-state index contributed by atoms with van der Waals surface area (Å²) in [5, 5.41) is 10.7. The van der Waals surface area contributed by atoms with Gasteiger partial charge in [0.15, 0.2) is 9.74 Å². The first kappa shape index (κ1) is 20.9. The van der Waals surface area contributed by atoms with E-state index >= 15 is 0 Å². The van der Waals surface area contributed by atoms with E-state index in [-0.39, 0.29) is 11.8 Å². The average Bonchev–Trinajstić information content (AvgIpc) is 3.28. The van der Waals surface area contributed by atoms with E-state index in [0.717, 1.165) is 11.1 Å². The Morgan fingerprint density at radius 3 is 2.06 bits per heavy atom. The number of thioether (sulfide) groups is 2. The van der Waals surface area contributed by atoms with Gasteiger partial charge in [0.25, 0.3) is 11.8 Å². The van der Waals surface area contributed by atoms with Crippen LogP contribution in [0.3, 0.4) is 0 Å². The quantitative estimate of drug-likeness (QED) is 0.640. The predicted molar refractivity (Wildman–Crippen MR) is 119 cm³/mol. The standard InChI is InChI=1S/C22H24N2O5S2/c1-12(25)29-16-9-5-7-14-11-22(31-3)19(27)23-17-13(6-4-8-15(17)26)10-21(23,30-2)20(28)24(22)18(14)16/h4-9,15-18,26H,10-11H2,1-3H3/t15-,16-,17-,18-,21+,22+/m0/s1. The van der Waals surface area contributed by atoms with E-state index in [1.165, 1.54) is 30.4 Å². The molecule has 2 amide bonds. The highest BCUT2D eigenvalue weighted by molar-refractivity contribution is 8.01. The Labute approximate surface area is 189 Å². The van der Waals surface area contributed by atoms with Crippen LogP contribution >= 0.6 is 23.5 Å². The number of amides is 2. The predicted octanol–water partition coefficient (Wildman–Crippen LogP) is 1.61. The number of ether oxygens (including phenoxy) is 1. The van der Waals surface area contributed by atoms with Crippen molar-refractivity contribution in [2.75, 3.05) is 12.5 Å². The molecule has 6 atom stereocenters. The molecule has 0 spiro atoms. The Morgan fingerprint density at radius 2 is 1.52 bits per heavy atom. The molecule has 9 heteroatoms. The lowest BCUT2D eigenvalue weighted by Crippen LogP contribution is -2.74. The highest BCUT2D eigenvalue weighted by Gasteiger charge is 2.72. The van der Waals surface area contributed by atoms with Crippen LogP contribution in [-0.2, 0) is 19.1 Å². The normalized spacial score (nSPS) is 40.1. The van der Waals surface area contributed by atoms with Crippen molar-refractivity contribution in [3.8, 4) is 0 Å². The maximum atomic E-state index is 14.3. The van der Waals surface area contributed by atoms with Crippen LogP contribution in [0.2, 0.25) is 0 Å². The fourth-order valence-electron chi connectivity index (χ4n) is 5.68. The molecule has 31 heavy (non-hydrogen) atoms. The third-order valence-electron chi connectivity index (χ3n) is 6.93. The van der Waals surface area contributed by atoms with Gasteiger partial charge in [-0.2, -0.15) is 0 Å². The highest BCUT2D eigenvalue weighted by Crippen LogP contribution is 2.59. The molecule has 7 nitrogen and oxygen atoms in total. The molecule has 5 aliphatic rings. The molecule has 3 saturated heterocycles. The summed E-state index contributed by atoms with van der Waals surface area (Å²) in [7, 11) is 0. The van der Waals surface area contributed by atoms with Crippen molar-refractivity contribution in [2.45, 2.75) is 53.8 Å². The first-order valence-electron chi connectivity index (χ1n) is 10.2. The second-order valence-corrected chi connectivity index (χ2v) is 10.6. The Balaban J connectivity index is 1.67. The number of allylic oxidation sites excluding steroid dienone is 4. The molecule has 3 fully saturated rings. The van der Waals surface area contributed by atoms with Gasteiger partial charge in [-0.3, -0.25) is 14.4 Å². The van der Waals surface area contributed by atoms with Crippen molar-refractivity contribution >= 4 is 41.3 Å². The van der Waals surface area contributed by atoms with Gasteiger partial charge in [-0.15, -0.1) is 23.5 Å². The molecule has 0 aromatic rings. The smallest absolute Gasteiger partial charge is 0.303 e. The van der Waals surface area contributed by atoms with Crippen LogP contribution < -0.4 is 0 Å². The van der Waals surface area contributed by atoms with E-state index in [0.29, 0.717) is 12.8 Å². The first-order valence-corrected chi connectivity index (χ1v) is 12.6. The van der Waals surface area contributed by atoms with Gasteiger partial charge >= 0.3 is 5.97 Å². The largest absolute Gasteiger partial charge is 0.456 e. The number of aliphatic hydroxyl groups is 1. The summed E-state index contributed by atoms with van der Waals surface area (Å²) in [4.78, 5) is 41.3. The van der Waals surface area contributed by atoms with Crippen molar-refractivity contribution < 1.29 is 24.2 Å². The summed E-state index contributed by atoms with van der Waals surface area (Å²) in [6.07, 6.45) is 13.8. The van der Waals surface area contributed by atoms with Gasteiger partial charge in [0.2, 0.25) is 0 Å². The number of hydrogen-bond donors (Lipinski definition) is 1. The molecule has 3 heterocycles. The van der Waals surface area contributed by atoms with Crippen LogP contribution in [0.4, 0.5) is 0 Å². The Bertz CT molecular complexity index is 1000. The molecule has 0 unspecified atom stereocenters. The topological polar surface area (TPSA) is 87.2 Å². The lowest BCUT2D eigenvalue weighted by molar-refractivity contribution is -0.169. The monoisotopic (exact) mass is 460 g/mol. The fraction of sp³-hybridized carbons (Fsp3) is 0.500. The van der Waals surface area contributed by atoms with E-state index < -0.39 is 40.0 Å². The number of piperazine rings is 1. The first-order chi connectivity index (χ1) is 14.8.